The van der Waals surface area contributed by atoms with Gasteiger partial charge in [-0.1, -0.05) is 18.2 Å². The summed E-state index contributed by atoms with van der Waals surface area (Å²) in [5.41, 5.74) is 0.574. The molecule has 0 fully saturated rings. The molecule has 0 radical (unpaired) electrons. The Morgan fingerprint density at radius 2 is 2.00 bits per heavy atom. The van der Waals surface area contributed by atoms with Crippen LogP contribution in [0.2, 0.25) is 0 Å². The zero-order valence-electron chi connectivity index (χ0n) is 12.2. The standard InChI is InChI=1S/C15H22NO3P/c1-5-12(16-14(17)18-15(2,3)4)10-11-6-8-13(19-20)9-7-11/h5-9,12H,1,10,20H2,2-4H3,(H,16,17)/t12-/m0/s1. The summed E-state index contributed by atoms with van der Waals surface area (Å²) in [5.74, 6) is 0.772. The molecular weight excluding hydrogens is 273 g/mol. The lowest BCUT2D eigenvalue weighted by atomic mass is 10.1. The van der Waals surface area contributed by atoms with Crippen molar-refractivity contribution in [2.45, 2.75) is 38.8 Å². The summed E-state index contributed by atoms with van der Waals surface area (Å²) < 4.78 is 10.3. The maximum Gasteiger partial charge on any atom is 0.408 e. The minimum atomic E-state index is -0.506. The van der Waals surface area contributed by atoms with Gasteiger partial charge in [-0.3, -0.25) is 0 Å². The molecule has 1 N–H and O–H groups in total. The molecule has 4 nitrogen and oxygen atoms in total. The number of amides is 1. The molecule has 20 heavy (non-hydrogen) atoms. The normalized spacial score (nSPS) is 12.4. The van der Waals surface area contributed by atoms with Gasteiger partial charge in [0, 0.05) is 0 Å². The molecule has 1 amide bonds. The summed E-state index contributed by atoms with van der Waals surface area (Å²) in [5, 5.41) is 2.79. The fourth-order valence-corrected chi connectivity index (χ4v) is 1.77. The van der Waals surface area contributed by atoms with Crippen molar-refractivity contribution in [3.05, 3.63) is 42.5 Å². The molecular formula is C15H22NO3P. The van der Waals surface area contributed by atoms with Gasteiger partial charge in [0.05, 0.1) is 15.5 Å². The molecule has 1 aromatic rings. The van der Waals surface area contributed by atoms with Crippen LogP contribution in [-0.4, -0.2) is 17.7 Å². The highest BCUT2D eigenvalue weighted by atomic mass is 31.0. The number of carbonyl (C=O) groups is 1. The number of hydrogen-bond donors (Lipinski definition) is 1. The van der Waals surface area contributed by atoms with Crippen molar-refractivity contribution >= 4 is 15.6 Å². The van der Waals surface area contributed by atoms with E-state index in [0.29, 0.717) is 6.42 Å². The van der Waals surface area contributed by atoms with Crippen molar-refractivity contribution in [2.75, 3.05) is 0 Å². The fraction of sp³-hybridized carbons (Fsp3) is 0.400. The minimum Gasteiger partial charge on any atom is -0.480 e. The average molecular weight is 295 g/mol. The van der Waals surface area contributed by atoms with Crippen LogP contribution in [-0.2, 0) is 11.2 Å². The van der Waals surface area contributed by atoms with Crippen LogP contribution in [0.3, 0.4) is 0 Å². The molecule has 0 heterocycles. The van der Waals surface area contributed by atoms with E-state index in [9.17, 15) is 4.79 Å². The Morgan fingerprint density at radius 1 is 1.40 bits per heavy atom. The monoisotopic (exact) mass is 295 g/mol. The number of ether oxygens (including phenoxy) is 1. The lowest BCUT2D eigenvalue weighted by Crippen LogP contribution is -2.39. The van der Waals surface area contributed by atoms with Gasteiger partial charge in [0.1, 0.15) is 11.4 Å². The summed E-state index contributed by atoms with van der Waals surface area (Å²) in [6, 6.07) is 7.47. The highest BCUT2D eigenvalue weighted by Crippen LogP contribution is 2.15. The van der Waals surface area contributed by atoms with Crippen molar-refractivity contribution in [3.8, 4) is 5.75 Å². The molecule has 0 aliphatic carbocycles. The number of alkyl carbamates (subject to hydrolysis) is 1. The maximum atomic E-state index is 11.7. The molecule has 110 valence electrons. The van der Waals surface area contributed by atoms with Crippen molar-refractivity contribution in [1.82, 2.24) is 5.32 Å². The molecule has 1 aromatic carbocycles. The predicted octanol–water partition coefficient (Wildman–Crippen LogP) is 3.48. The lowest BCUT2D eigenvalue weighted by Gasteiger charge is -2.22. The number of benzene rings is 1. The van der Waals surface area contributed by atoms with Crippen LogP contribution in [0.1, 0.15) is 26.3 Å². The number of rotatable bonds is 5. The maximum absolute atomic E-state index is 11.7. The highest BCUT2D eigenvalue weighted by molar-refractivity contribution is 7.10. The third-order valence-electron chi connectivity index (χ3n) is 2.50. The van der Waals surface area contributed by atoms with Gasteiger partial charge in [-0.25, -0.2) is 4.79 Å². The summed E-state index contributed by atoms with van der Waals surface area (Å²) in [7, 11) is 2.20. The van der Waals surface area contributed by atoms with Crippen molar-refractivity contribution in [3.63, 3.8) is 0 Å². The summed E-state index contributed by atoms with van der Waals surface area (Å²) in [4.78, 5) is 11.7. The minimum absolute atomic E-state index is 0.174. The Balaban J connectivity index is 2.58. The number of carbonyl (C=O) groups excluding carboxylic acids is 1. The van der Waals surface area contributed by atoms with E-state index in [1.54, 1.807) is 6.08 Å². The molecule has 0 saturated carbocycles. The fourth-order valence-electron chi connectivity index (χ4n) is 1.61. The van der Waals surface area contributed by atoms with Crippen LogP contribution < -0.4 is 9.84 Å². The quantitative estimate of drug-likeness (QED) is 0.668. The Labute approximate surface area is 122 Å². The Kier molecular flexibility index (Phi) is 6.03. The van der Waals surface area contributed by atoms with Crippen molar-refractivity contribution < 1.29 is 14.1 Å². The Bertz CT molecular complexity index is 451. The predicted molar refractivity (Wildman–Crippen MR) is 83.8 cm³/mol. The van der Waals surface area contributed by atoms with Gasteiger partial charge in [-0.15, -0.1) is 6.58 Å². The SMILES string of the molecule is C=C[C@@H](Cc1ccc(OP)cc1)NC(=O)OC(C)(C)C. The van der Waals surface area contributed by atoms with Gasteiger partial charge in [0.25, 0.3) is 0 Å². The molecule has 0 aliphatic heterocycles. The van der Waals surface area contributed by atoms with E-state index in [1.165, 1.54) is 0 Å². The van der Waals surface area contributed by atoms with Crippen LogP contribution >= 0.6 is 9.47 Å². The molecule has 5 heteroatoms. The third-order valence-corrected chi connectivity index (χ3v) is 2.77. The second-order valence-corrected chi connectivity index (χ2v) is 5.69. The van der Waals surface area contributed by atoms with Gasteiger partial charge in [-0.05, 0) is 44.9 Å². The van der Waals surface area contributed by atoms with Crippen molar-refractivity contribution in [2.24, 2.45) is 0 Å². The van der Waals surface area contributed by atoms with Gasteiger partial charge >= 0.3 is 6.09 Å². The van der Waals surface area contributed by atoms with Crippen LogP contribution in [0.4, 0.5) is 4.79 Å². The van der Waals surface area contributed by atoms with Gasteiger partial charge in [-0.2, -0.15) is 0 Å². The first-order valence-electron chi connectivity index (χ1n) is 6.42. The lowest BCUT2D eigenvalue weighted by molar-refractivity contribution is 0.0514. The summed E-state index contributed by atoms with van der Waals surface area (Å²) >= 11 is 0. The summed E-state index contributed by atoms with van der Waals surface area (Å²) in [6.45, 7) is 9.23. The Morgan fingerprint density at radius 3 is 2.45 bits per heavy atom. The van der Waals surface area contributed by atoms with E-state index < -0.39 is 11.7 Å². The largest absolute Gasteiger partial charge is 0.480 e. The Hall–Kier alpha value is -1.54. The zero-order valence-corrected chi connectivity index (χ0v) is 13.3. The zero-order chi connectivity index (χ0) is 15.2. The molecule has 1 rings (SSSR count). The first kappa shape index (κ1) is 16.5. The van der Waals surface area contributed by atoms with E-state index in [-0.39, 0.29) is 6.04 Å². The topological polar surface area (TPSA) is 47.6 Å². The molecule has 0 saturated heterocycles. The van der Waals surface area contributed by atoms with E-state index in [2.05, 4.69) is 21.4 Å². The molecule has 0 aromatic heterocycles. The summed E-state index contributed by atoms with van der Waals surface area (Å²) in [6.07, 6.45) is 1.91. The van der Waals surface area contributed by atoms with E-state index in [1.807, 2.05) is 45.0 Å². The van der Waals surface area contributed by atoms with Gasteiger partial charge in [0.15, 0.2) is 0 Å². The number of nitrogens with one attached hydrogen (secondary N) is 1. The van der Waals surface area contributed by atoms with Gasteiger partial charge in [0.2, 0.25) is 0 Å². The second kappa shape index (κ2) is 7.30. The molecule has 0 spiro atoms. The third kappa shape index (κ3) is 6.07. The van der Waals surface area contributed by atoms with E-state index in [4.69, 9.17) is 9.26 Å². The van der Waals surface area contributed by atoms with Crippen molar-refractivity contribution in [1.29, 1.82) is 0 Å². The highest BCUT2D eigenvalue weighted by Gasteiger charge is 2.18. The second-order valence-electron chi connectivity index (χ2n) is 5.45. The first-order valence-corrected chi connectivity index (χ1v) is 6.89. The molecule has 1 unspecified atom stereocenters. The first-order chi connectivity index (χ1) is 9.34. The van der Waals surface area contributed by atoms with Crippen LogP contribution in [0.25, 0.3) is 0 Å². The van der Waals surface area contributed by atoms with Crippen LogP contribution in [0, 0.1) is 0 Å². The molecule has 0 bridgehead atoms. The smallest absolute Gasteiger partial charge is 0.408 e. The molecule has 0 aliphatic rings. The van der Waals surface area contributed by atoms with Crippen LogP contribution in [0.5, 0.6) is 5.75 Å². The van der Waals surface area contributed by atoms with Gasteiger partial charge < -0.3 is 14.6 Å². The average Bonchev–Trinajstić information content (AvgIpc) is 2.36. The van der Waals surface area contributed by atoms with E-state index >= 15 is 0 Å². The van der Waals surface area contributed by atoms with Crippen LogP contribution in [0.15, 0.2) is 36.9 Å². The molecule has 2 atom stereocenters. The number of hydrogen-bond acceptors (Lipinski definition) is 3. The van der Waals surface area contributed by atoms with E-state index in [0.717, 1.165) is 11.3 Å².